The van der Waals surface area contributed by atoms with E-state index < -0.39 is 37.3 Å². The molecule has 1 unspecified atom stereocenters. The Morgan fingerprint density at radius 1 is 0.511 bits per heavy atom. The van der Waals surface area contributed by atoms with Gasteiger partial charge in [0.1, 0.15) is 0 Å². The van der Waals surface area contributed by atoms with Gasteiger partial charge in [-0.2, -0.15) is 16.8 Å². The van der Waals surface area contributed by atoms with Gasteiger partial charge >= 0.3 is 50.4 Å². The predicted octanol–water partition coefficient (Wildman–Crippen LogP) is 5.41. The van der Waals surface area contributed by atoms with E-state index in [2.05, 4.69) is 22.2 Å². The van der Waals surface area contributed by atoms with E-state index >= 15 is 0 Å². The molecule has 0 heterocycles. The minimum atomic E-state index is -4.92. The zero-order valence-corrected chi connectivity index (χ0v) is 32.9. The largest absolute Gasteiger partial charge is 1.00 e. The monoisotopic (exact) mass is 722 g/mol. The van der Waals surface area contributed by atoms with Crippen LogP contribution in [0.5, 0.6) is 0 Å². The fourth-order valence-electron chi connectivity index (χ4n) is 4.46. The van der Waals surface area contributed by atoms with Crippen molar-refractivity contribution in [1.29, 1.82) is 0 Å². The van der Waals surface area contributed by atoms with Gasteiger partial charge < -0.3 is 4.55 Å². The smallest absolute Gasteiger partial charge is 0.726 e. The number of unbranched alkanes of at least 4 members (excludes halogenated alkanes) is 21. The van der Waals surface area contributed by atoms with E-state index in [4.69, 9.17) is 26.6 Å². The molecule has 45 heavy (non-hydrogen) atoms. The van der Waals surface area contributed by atoms with Crippen LogP contribution in [0.25, 0.3) is 0 Å². The number of hydrogen-bond acceptors (Lipinski definition) is 9. The second-order valence-electron chi connectivity index (χ2n) is 11.2. The van der Waals surface area contributed by atoms with E-state index in [1.807, 2.05) is 0 Å². The fourth-order valence-corrected chi connectivity index (χ4v) is 5.30. The summed E-state index contributed by atoms with van der Waals surface area (Å²) in [4.78, 5) is 0. The summed E-state index contributed by atoms with van der Waals surface area (Å²) in [6, 6.07) is 0. The third-order valence-electron chi connectivity index (χ3n) is 6.73. The molecular weight excluding hydrogens is 659 g/mol. The Kier molecular flexibility index (Phi) is 41.8. The molecule has 0 fully saturated rings. The summed E-state index contributed by atoms with van der Waals surface area (Å²) >= 11 is 0. The molecule has 0 aliphatic heterocycles. The van der Waals surface area contributed by atoms with E-state index in [0.29, 0.717) is 12.8 Å². The van der Waals surface area contributed by atoms with Crippen LogP contribution in [0, 0.1) is 0 Å². The standard InChI is InChI=1S/C17H36O4S.C12H26O4S.Na.H2O4S/c1-3-4-5-6-7-8-9-10-11-12-13-14-15-16-17(2)21-22(18,19)20;1-2-3-4-5-6-7-8-9-10-11-12-16-17(13,14)15;;1-5(2,3)4/h17H,3-16H2,1-2H3,(H,18,19,20);2-12H2,1H3,(H,13,14,15);;(H2,1,2,3,4)/q;;+1;/p-1. The van der Waals surface area contributed by atoms with Crippen molar-refractivity contribution in [2.24, 2.45) is 0 Å². The molecule has 0 aliphatic carbocycles. The van der Waals surface area contributed by atoms with E-state index in [9.17, 15) is 16.8 Å². The summed E-state index contributed by atoms with van der Waals surface area (Å²) in [6.07, 6.45) is 28.9. The maximum atomic E-state index is 10.5. The van der Waals surface area contributed by atoms with Crippen molar-refractivity contribution in [2.75, 3.05) is 6.61 Å². The minimum Gasteiger partial charge on any atom is -0.726 e. The fraction of sp³-hybridized carbons (Fsp3) is 1.00. The molecule has 0 aliphatic rings. The maximum absolute atomic E-state index is 10.5. The van der Waals surface area contributed by atoms with Gasteiger partial charge in [-0.25, -0.2) is 16.8 Å². The molecule has 1 atom stereocenters. The molecule has 3 N–H and O–H groups in total. The van der Waals surface area contributed by atoms with Crippen molar-refractivity contribution < 1.29 is 81.4 Å². The van der Waals surface area contributed by atoms with Gasteiger partial charge in [-0.3, -0.25) is 13.7 Å². The van der Waals surface area contributed by atoms with Crippen molar-refractivity contribution in [3.63, 3.8) is 0 Å². The summed E-state index contributed by atoms with van der Waals surface area (Å²) in [6.45, 7) is 6.24. The normalized spacial score (nSPS) is 12.3. The Labute approximate surface area is 298 Å². The second kappa shape index (κ2) is 35.9. The van der Waals surface area contributed by atoms with Crippen LogP contribution in [0.3, 0.4) is 0 Å². The Morgan fingerprint density at radius 3 is 1.04 bits per heavy atom. The van der Waals surface area contributed by atoms with Gasteiger partial charge in [0.05, 0.1) is 12.7 Å². The van der Waals surface area contributed by atoms with Gasteiger partial charge in [-0.1, -0.05) is 155 Å². The summed E-state index contributed by atoms with van der Waals surface area (Å²) in [5, 5.41) is 0. The molecule has 270 valence electrons. The van der Waals surface area contributed by atoms with Gasteiger partial charge in [0, 0.05) is 0 Å². The maximum Gasteiger partial charge on any atom is 1.00 e. The Bertz CT molecular complexity index is 907. The molecule has 0 aromatic carbocycles. The first-order valence-electron chi connectivity index (χ1n) is 16.5. The van der Waals surface area contributed by atoms with Crippen molar-refractivity contribution >= 4 is 31.2 Å². The van der Waals surface area contributed by atoms with Gasteiger partial charge in [0.25, 0.3) is 0 Å². The van der Waals surface area contributed by atoms with Crippen LogP contribution in [-0.2, 0) is 39.6 Å². The van der Waals surface area contributed by atoms with Crippen LogP contribution in [0.15, 0.2) is 0 Å². The number of rotatable bonds is 28. The third-order valence-corrected chi connectivity index (χ3v) is 7.77. The summed E-state index contributed by atoms with van der Waals surface area (Å²) in [7, 11) is -13.4. The predicted molar refractivity (Wildman–Crippen MR) is 174 cm³/mol. The van der Waals surface area contributed by atoms with Crippen LogP contribution in [0.4, 0.5) is 0 Å². The van der Waals surface area contributed by atoms with Crippen LogP contribution >= 0.6 is 0 Å². The van der Waals surface area contributed by atoms with Gasteiger partial charge in [0.15, 0.2) is 0 Å². The van der Waals surface area contributed by atoms with Crippen LogP contribution in [-0.4, -0.2) is 56.2 Å². The quantitative estimate of drug-likeness (QED) is 0.0401. The molecule has 0 radical (unpaired) electrons. The summed E-state index contributed by atoms with van der Waals surface area (Å²) in [5.74, 6) is 0. The third kappa shape index (κ3) is 67.6. The first kappa shape index (κ1) is 52.4. The first-order chi connectivity index (χ1) is 20.5. The molecule has 0 spiro atoms. The van der Waals surface area contributed by atoms with Crippen molar-refractivity contribution in [1.82, 2.24) is 0 Å². The molecule has 0 bridgehead atoms. The molecular formula is C29H63NaO12S3. The van der Waals surface area contributed by atoms with Crippen molar-refractivity contribution in [3.05, 3.63) is 0 Å². The Hall–Kier alpha value is 0.610. The van der Waals surface area contributed by atoms with E-state index in [1.54, 1.807) is 6.92 Å². The summed E-state index contributed by atoms with van der Waals surface area (Å²) in [5.41, 5.74) is 0. The van der Waals surface area contributed by atoms with Gasteiger partial charge in [-0.15, -0.1) is 0 Å². The molecule has 0 aromatic rings. The Balaban J connectivity index is -0.000000325. The SMILES string of the molecule is CCCCCCCCCCCCCCCC(C)OS(=O)(=O)O.CCCCCCCCCCCCOS(=O)(=O)O.O=S(=O)([O-])O.[Na+]. The molecule has 0 aromatic heterocycles. The average Bonchev–Trinajstić information content (AvgIpc) is 2.88. The minimum absolute atomic E-state index is 0. The van der Waals surface area contributed by atoms with Crippen LogP contribution in [0.1, 0.15) is 175 Å². The van der Waals surface area contributed by atoms with Crippen molar-refractivity contribution in [2.45, 2.75) is 181 Å². The molecule has 12 nitrogen and oxygen atoms in total. The average molecular weight is 723 g/mol. The second-order valence-corrected chi connectivity index (χ2v) is 14.2. The molecule has 16 heteroatoms. The zero-order chi connectivity index (χ0) is 34.2. The molecule has 0 rings (SSSR count). The van der Waals surface area contributed by atoms with Gasteiger partial charge in [-0.05, 0) is 19.8 Å². The van der Waals surface area contributed by atoms with E-state index in [0.717, 1.165) is 25.7 Å². The first-order valence-corrected chi connectivity index (χ1v) is 20.6. The number of hydrogen-bond donors (Lipinski definition) is 3. The molecule has 0 saturated heterocycles. The zero-order valence-electron chi connectivity index (χ0n) is 28.5. The summed E-state index contributed by atoms with van der Waals surface area (Å²) < 4.78 is 99.9. The topological polar surface area (TPSA) is 205 Å². The van der Waals surface area contributed by atoms with Crippen LogP contribution < -0.4 is 29.6 Å². The molecule has 0 amide bonds. The Morgan fingerprint density at radius 2 is 0.778 bits per heavy atom. The van der Waals surface area contributed by atoms with Gasteiger partial charge in [0.2, 0.25) is 10.4 Å². The van der Waals surface area contributed by atoms with E-state index in [-0.39, 0.29) is 36.2 Å². The van der Waals surface area contributed by atoms with Crippen molar-refractivity contribution in [3.8, 4) is 0 Å². The molecule has 0 saturated carbocycles. The van der Waals surface area contributed by atoms with E-state index in [1.165, 1.54) is 116 Å². The van der Waals surface area contributed by atoms with Crippen LogP contribution in [0.2, 0.25) is 0 Å².